The molecule has 2 N–H and O–H groups in total. The Hall–Kier alpha value is -2.12. The Morgan fingerprint density at radius 2 is 1.62 bits per heavy atom. The third kappa shape index (κ3) is 6.65. The van der Waals surface area contributed by atoms with E-state index in [0.29, 0.717) is 32.7 Å². The molecule has 0 aromatic heterocycles. The molecule has 1 saturated heterocycles. The van der Waals surface area contributed by atoms with Gasteiger partial charge in [-0.15, -0.1) is 0 Å². The van der Waals surface area contributed by atoms with E-state index in [1.54, 1.807) is 0 Å². The summed E-state index contributed by atoms with van der Waals surface area (Å²) in [6.45, 7) is 7.15. The second kappa shape index (κ2) is 10.1. The highest BCUT2D eigenvalue weighted by Crippen LogP contribution is 2.07. The Morgan fingerprint density at radius 3 is 2.19 bits per heavy atom. The molecule has 1 aromatic carbocycles. The van der Waals surface area contributed by atoms with E-state index in [1.165, 1.54) is 5.56 Å². The highest BCUT2D eigenvalue weighted by molar-refractivity contribution is 5.78. The fourth-order valence-corrected chi connectivity index (χ4v) is 2.98. The summed E-state index contributed by atoms with van der Waals surface area (Å²) in [7, 11) is 4.09. The molecule has 0 spiro atoms. The van der Waals surface area contributed by atoms with Gasteiger partial charge < -0.3 is 20.4 Å². The van der Waals surface area contributed by atoms with Crippen LogP contribution in [0.1, 0.15) is 18.1 Å². The lowest BCUT2D eigenvalue weighted by atomic mass is 10.1. The van der Waals surface area contributed by atoms with Crippen molar-refractivity contribution in [2.24, 2.45) is 0 Å². The summed E-state index contributed by atoms with van der Waals surface area (Å²) in [5.74, 6) is 0.0446. The lowest BCUT2D eigenvalue weighted by Crippen LogP contribution is -2.53. The third-order valence-electron chi connectivity index (χ3n) is 4.37. The van der Waals surface area contributed by atoms with Crippen molar-refractivity contribution in [3.05, 3.63) is 35.4 Å². The van der Waals surface area contributed by atoms with Crippen LogP contribution in [-0.2, 0) is 17.9 Å². The van der Waals surface area contributed by atoms with Crippen LogP contribution in [0.25, 0.3) is 0 Å². The Labute approximate surface area is 156 Å². The van der Waals surface area contributed by atoms with Crippen LogP contribution < -0.4 is 10.6 Å². The van der Waals surface area contributed by atoms with Gasteiger partial charge in [0, 0.05) is 45.8 Å². The minimum atomic E-state index is -0.0416. The van der Waals surface area contributed by atoms with Crippen molar-refractivity contribution in [1.82, 2.24) is 25.3 Å². The van der Waals surface area contributed by atoms with Crippen LogP contribution in [0.4, 0.5) is 4.79 Å². The molecule has 0 atom stereocenters. The van der Waals surface area contributed by atoms with Crippen molar-refractivity contribution in [2.45, 2.75) is 20.0 Å². The van der Waals surface area contributed by atoms with Crippen molar-refractivity contribution in [1.29, 1.82) is 0 Å². The van der Waals surface area contributed by atoms with Crippen LogP contribution in [0, 0.1) is 0 Å². The number of hydrogen-bond donors (Lipinski definition) is 2. The molecule has 1 aliphatic heterocycles. The van der Waals surface area contributed by atoms with Gasteiger partial charge in [0.1, 0.15) is 0 Å². The SMILES string of the molecule is CCNC(=O)CN1CCN(C(=O)NCc2ccc(CN(C)C)cc2)CC1. The Bertz CT molecular complexity index is 580. The molecular weight excluding hydrogens is 330 g/mol. The molecule has 0 unspecified atom stereocenters. The minimum Gasteiger partial charge on any atom is -0.355 e. The van der Waals surface area contributed by atoms with Gasteiger partial charge in [-0.1, -0.05) is 24.3 Å². The molecule has 3 amide bonds. The van der Waals surface area contributed by atoms with Gasteiger partial charge in [-0.05, 0) is 32.1 Å². The van der Waals surface area contributed by atoms with Gasteiger partial charge >= 0.3 is 6.03 Å². The maximum Gasteiger partial charge on any atom is 0.317 e. The third-order valence-corrected chi connectivity index (χ3v) is 4.37. The second-order valence-corrected chi connectivity index (χ2v) is 6.93. The molecule has 2 rings (SSSR count). The fraction of sp³-hybridized carbons (Fsp3) is 0.579. The lowest BCUT2D eigenvalue weighted by Gasteiger charge is -2.34. The van der Waals surface area contributed by atoms with E-state index >= 15 is 0 Å². The van der Waals surface area contributed by atoms with Crippen LogP contribution >= 0.6 is 0 Å². The monoisotopic (exact) mass is 361 g/mol. The van der Waals surface area contributed by atoms with Crippen LogP contribution in [0.2, 0.25) is 0 Å². The van der Waals surface area contributed by atoms with Gasteiger partial charge in [0.15, 0.2) is 0 Å². The predicted octanol–water partition coefficient (Wildman–Crippen LogP) is 0.712. The zero-order chi connectivity index (χ0) is 18.9. The quantitative estimate of drug-likeness (QED) is 0.751. The average Bonchev–Trinajstić information content (AvgIpc) is 2.61. The van der Waals surface area contributed by atoms with E-state index in [-0.39, 0.29) is 11.9 Å². The zero-order valence-electron chi connectivity index (χ0n) is 16.1. The van der Waals surface area contributed by atoms with Crippen molar-refractivity contribution in [2.75, 3.05) is 53.4 Å². The number of hydrogen-bond acceptors (Lipinski definition) is 4. The number of benzene rings is 1. The number of nitrogens with one attached hydrogen (secondary N) is 2. The maximum absolute atomic E-state index is 12.3. The highest BCUT2D eigenvalue weighted by Gasteiger charge is 2.22. The van der Waals surface area contributed by atoms with Gasteiger partial charge in [-0.2, -0.15) is 0 Å². The number of piperazine rings is 1. The van der Waals surface area contributed by atoms with Gasteiger partial charge in [0.25, 0.3) is 0 Å². The van der Waals surface area contributed by atoms with E-state index < -0.39 is 0 Å². The molecule has 1 fully saturated rings. The first-order valence-electron chi connectivity index (χ1n) is 9.22. The molecule has 1 aromatic rings. The molecule has 7 nitrogen and oxygen atoms in total. The van der Waals surface area contributed by atoms with Crippen LogP contribution in [0.15, 0.2) is 24.3 Å². The normalized spacial score (nSPS) is 15.2. The Morgan fingerprint density at radius 1 is 1.00 bits per heavy atom. The topological polar surface area (TPSA) is 67.9 Å². The van der Waals surface area contributed by atoms with Crippen LogP contribution in [-0.4, -0.2) is 80.0 Å². The lowest BCUT2D eigenvalue weighted by molar-refractivity contribution is -0.122. The molecule has 0 bridgehead atoms. The molecular formula is C19H31N5O2. The zero-order valence-corrected chi connectivity index (χ0v) is 16.1. The number of amides is 3. The molecule has 1 heterocycles. The van der Waals surface area contributed by atoms with Crippen molar-refractivity contribution < 1.29 is 9.59 Å². The predicted molar refractivity (Wildman–Crippen MR) is 103 cm³/mol. The molecule has 7 heteroatoms. The summed E-state index contributed by atoms with van der Waals surface area (Å²) in [6, 6.07) is 8.27. The van der Waals surface area contributed by atoms with E-state index in [4.69, 9.17) is 0 Å². The summed E-state index contributed by atoms with van der Waals surface area (Å²) in [5.41, 5.74) is 2.35. The molecule has 144 valence electrons. The van der Waals surface area contributed by atoms with E-state index in [9.17, 15) is 9.59 Å². The summed E-state index contributed by atoms with van der Waals surface area (Å²) in [6.07, 6.45) is 0. The molecule has 0 aliphatic carbocycles. The van der Waals surface area contributed by atoms with Gasteiger partial charge in [0.05, 0.1) is 6.54 Å². The van der Waals surface area contributed by atoms with Crippen molar-refractivity contribution in [3.63, 3.8) is 0 Å². The number of carbonyl (C=O) groups excluding carboxylic acids is 2. The molecule has 26 heavy (non-hydrogen) atoms. The van der Waals surface area contributed by atoms with Crippen molar-refractivity contribution >= 4 is 11.9 Å². The second-order valence-electron chi connectivity index (χ2n) is 6.93. The standard InChI is InChI=1S/C19H31N5O2/c1-4-20-18(25)15-23-9-11-24(12-10-23)19(26)21-13-16-5-7-17(8-6-16)14-22(2)3/h5-8H,4,9-15H2,1-3H3,(H,20,25)(H,21,26). The number of carbonyl (C=O) groups is 2. The first kappa shape index (κ1) is 20.2. The summed E-state index contributed by atoms with van der Waals surface area (Å²) >= 11 is 0. The Balaban J connectivity index is 1.71. The van der Waals surface area contributed by atoms with E-state index in [1.807, 2.05) is 25.9 Å². The number of rotatable bonds is 7. The summed E-state index contributed by atoms with van der Waals surface area (Å²) in [5, 5.41) is 5.79. The smallest absolute Gasteiger partial charge is 0.317 e. The number of urea groups is 1. The summed E-state index contributed by atoms with van der Waals surface area (Å²) < 4.78 is 0. The van der Waals surface area contributed by atoms with Gasteiger partial charge in [0.2, 0.25) is 5.91 Å². The molecule has 0 radical (unpaired) electrons. The summed E-state index contributed by atoms with van der Waals surface area (Å²) in [4.78, 5) is 30.0. The van der Waals surface area contributed by atoms with E-state index in [2.05, 4.69) is 44.7 Å². The Kier molecular flexibility index (Phi) is 7.87. The fourth-order valence-electron chi connectivity index (χ4n) is 2.98. The number of likely N-dealkylation sites (N-methyl/N-ethyl adjacent to an activating group) is 1. The van der Waals surface area contributed by atoms with Gasteiger partial charge in [-0.3, -0.25) is 9.69 Å². The van der Waals surface area contributed by atoms with Gasteiger partial charge in [-0.25, -0.2) is 4.79 Å². The van der Waals surface area contributed by atoms with Crippen LogP contribution in [0.3, 0.4) is 0 Å². The van der Waals surface area contributed by atoms with Crippen molar-refractivity contribution in [3.8, 4) is 0 Å². The molecule has 1 aliphatic rings. The highest BCUT2D eigenvalue weighted by atomic mass is 16.2. The van der Waals surface area contributed by atoms with E-state index in [0.717, 1.165) is 25.2 Å². The maximum atomic E-state index is 12.3. The first-order valence-corrected chi connectivity index (χ1v) is 9.22. The first-order chi connectivity index (χ1) is 12.5. The largest absolute Gasteiger partial charge is 0.355 e. The number of nitrogens with zero attached hydrogens (tertiary/aromatic N) is 3. The minimum absolute atomic E-state index is 0.0416. The molecule has 0 saturated carbocycles. The van der Waals surface area contributed by atoms with Crippen LogP contribution in [0.5, 0.6) is 0 Å². The average molecular weight is 361 g/mol.